The minimum absolute atomic E-state index is 0.00886. The first-order valence-corrected chi connectivity index (χ1v) is 23.1. The molecule has 1 saturated carbocycles. The third-order valence-electron chi connectivity index (χ3n) is 11.7. The van der Waals surface area contributed by atoms with Gasteiger partial charge in [-0.25, -0.2) is 8.42 Å². The standard InChI is InChI=1S/C48H61ClN2O6S/c1-37(2)35-42(50(3)58(55,56)46-30-22-21-29-45(46)51(53)54)36-47(52)57-48(40-25-17-14-18-26-40,43-27-19-20-28-44(43)49)41-33-31-39(32-34-41)38-23-15-12-10-8-6-4-5-7-9-11-13-16-24-38/h14,17-22,25-34,37-38,42H,4-13,15-16,23-24,35-36H2,1-3H3/t42-,48?/m1/s1. The van der Waals surface area contributed by atoms with Crippen molar-refractivity contribution in [2.75, 3.05) is 7.05 Å². The predicted molar refractivity (Wildman–Crippen MR) is 234 cm³/mol. The molecule has 1 aliphatic rings. The van der Waals surface area contributed by atoms with Crippen LogP contribution in [0.1, 0.15) is 145 Å². The van der Waals surface area contributed by atoms with E-state index in [9.17, 15) is 23.3 Å². The molecule has 0 aliphatic heterocycles. The van der Waals surface area contributed by atoms with E-state index in [0.29, 0.717) is 28.5 Å². The van der Waals surface area contributed by atoms with Gasteiger partial charge < -0.3 is 4.74 Å². The van der Waals surface area contributed by atoms with E-state index in [1.165, 1.54) is 114 Å². The highest BCUT2D eigenvalue weighted by molar-refractivity contribution is 7.89. The molecule has 4 aromatic rings. The normalized spacial score (nSPS) is 17.1. The molecule has 312 valence electrons. The first-order valence-electron chi connectivity index (χ1n) is 21.3. The molecule has 2 atom stereocenters. The lowest BCUT2D eigenvalue weighted by Crippen LogP contribution is -2.42. The van der Waals surface area contributed by atoms with E-state index in [-0.39, 0.29) is 12.3 Å². The molecule has 0 saturated heterocycles. The minimum atomic E-state index is -4.38. The van der Waals surface area contributed by atoms with Crippen LogP contribution in [0.2, 0.25) is 5.02 Å². The molecular weight excluding hydrogens is 768 g/mol. The van der Waals surface area contributed by atoms with Crippen molar-refractivity contribution < 1.29 is 22.9 Å². The Morgan fingerprint density at radius 3 is 1.81 bits per heavy atom. The molecule has 0 radical (unpaired) electrons. The van der Waals surface area contributed by atoms with Crippen molar-refractivity contribution in [3.8, 4) is 0 Å². The molecule has 10 heteroatoms. The average molecular weight is 830 g/mol. The SMILES string of the molecule is CC(C)C[C@H](CC(=O)OC(c1ccccc1)(c1ccc(C2CCCCCCCCCCCCCC2)cc1)c1ccccc1Cl)N(C)S(=O)(=O)c1ccccc1[N+](=O)[O-]. The average Bonchev–Trinajstić information content (AvgIpc) is 3.23. The van der Waals surface area contributed by atoms with E-state index in [4.69, 9.17) is 16.3 Å². The van der Waals surface area contributed by atoms with Crippen molar-refractivity contribution in [1.29, 1.82) is 0 Å². The van der Waals surface area contributed by atoms with Crippen molar-refractivity contribution in [2.24, 2.45) is 5.92 Å². The first-order chi connectivity index (χ1) is 27.9. The van der Waals surface area contributed by atoms with Gasteiger partial charge >= 0.3 is 5.97 Å². The lowest BCUT2D eigenvalue weighted by Gasteiger charge is -2.37. The molecule has 0 amide bonds. The number of halogens is 1. The van der Waals surface area contributed by atoms with Crippen LogP contribution in [0.4, 0.5) is 5.69 Å². The summed E-state index contributed by atoms with van der Waals surface area (Å²) in [6, 6.07) is 29.8. The first kappa shape index (κ1) is 45.0. The Hall–Kier alpha value is -4.05. The van der Waals surface area contributed by atoms with Crippen LogP contribution in [0.25, 0.3) is 0 Å². The summed E-state index contributed by atoms with van der Waals surface area (Å²) in [5.41, 5.74) is 1.28. The number of esters is 1. The Bertz CT molecular complexity index is 2010. The maximum atomic E-state index is 14.6. The van der Waals surface area contributed by atoms with Gasteiger partial charge in [-0.05, 0) is 48.8 Å². The maximum Gasteiger partial charge on any atom is 0.309 e. The Morgan fingerprint density at radius 1 is 0.759 bits per heavy atom. The Kier molecular flexibility index (Phi) is 16.9. The number of benzene rings is 4. The molecule has 0 heterocycles. The van der Waals surface area contributed by atoms with Crippen molar-refractivity contribution in [3.63, 3.8) is 0 Å². The zero-order valence-electron chi connectivity index (χ0n) is 34.5. The van der Waals surface area contributed by atoms with Crippen LogP contribution in [0.3, 0.4) is 0 Å². The van der Waals surface area contributed by atoms with Crippen LogP contribution in [0, 0.1) is 16.0 Å². The molecule has 1 aliphatic carbocycles. The van der Waals surface area contributed by atoms with E-state index in [2.05, 4.69) is 24.3 Å². The fourth-order valence-electron chi connectivity index (χ4n) is 8.57. The quantitative estimate of drug-likeness (QED) is 0.0575. The molecule has 5 rings (SSSR count). The second-order valence-corrected chi connectivity index (χ2v) is 18.7. The lowest BCUT2D eigenvalue weighted by molar-refractivity contribution is -0.387. The van der Waals surface area contributed by atoms with Crippen LogP contribution in [-0.2, 0) is 25.2 Å². The number of rotatable bonds is 13. The largest absolute Gasteiger partial charge is 0.444 e. The van der Waals surface area contributed by atoms with Crippen molar-refractivity contribution in [1.82, 2.24) is 4.31 Å². The van der Waals surface area contributed by atoms with Gasteiger partial charge in [-0.1, -0.05) is 187 Å². The summed E-state index contributed by atoms with van der Waals surface area (Å²) in [5.74, 6) is -0.210. The topological polar surface area (TPSA) is 107 Å². The van der Waals surface area contributed by atoms with Crippen molar-refractivity contribution in [2.45, 2.75) is 139 Å². The van der Waals surface area contributed by atoms with Crippen LogP contribution in [-0.4, -0.2) is 36.7 Å². The van der Waals surface area contributed by atoms with Gasteiger partial charge in [0.15, 0.2) is 10.5 Å². The number of nitro groups is 1. The molecular formula is C48H61ClN2O6S. The minimum Gasteiger partial charge on any atom is -0.444 e. The maximum absolute atomic E-state index is 14.6. The number of hydrogen-bond donors (Lipinski definition) is 0. The van der Waals surface area contributed by atoms with Gasteiger partial charge in [-0.3, -0.25) is 14.9 Å². The molecule has 0 N–H and O–H groups in total. The van der Waals surface area contributed by atoms with Gasteiger partial charge in [0.1, 0.15) is 0 Å². The molecule has 0 bridgehead atoms. The summed E-state index contributed by atoms with van der Waals surface area (Å²) < 4.78 is 35.9. The van der Waals surface area contributed by atoms with Crippen LogP contribution >= 0.6 is 11.6 Å². The van der Waals surface area contributed by atoms with Crippen LogP contribution in [0.5, 0.6) is 0 Å². The smallest absolute Gasteiger partial charge is 0.309 e. The van der Waals surface area contributed by atoms with Crippen LogP contribution < -0.4 is 0 Å². The predicted octanol–water partition coefficient (Wildman–Crippen LogP) is 12.8. The summed E-state index contributed by atoms with van der Waals surface area (Å²) in [6.07, 6.45) is 17.9. The number of nitro benzene ring substituents is 1. The van der Waals surface area contributed by atoms with Gasteiger partial charge in [0.25, 0.3) is 5.69 Å². The molecule has 1 fully saturated rings. The number of sulfonamides is 1. The number of carbonyl (C=O) groups is 1. The second-order valence-electron chi connectivity index (χ2n) is 16.4. The summed E-state index contributed by atoms with van der Waals surface area (Å²) in [5, 5.41) is 12.3. The number of carbonyl (C=O) groups excluding carboxylic acids is 1. The monoisotopic (exact) mass is 828 g/mol. The Morgan fingerprint density at radius 2 is 1.26 bits per heavy atom. The highest BCUT2D eigenvalue weighted by Gasteiger charge is 2.43. The van der Waals surface area contributed by atoms with E-state index < -0.39 is 43.1 Å². The summed E-state index contributed by atoms with van der Waals surface area (Å²) in [6.45, 7) is 3.88. The Balaban J connectivity index is 1.52. The fourth-order valence-corrected chi connectivity index (χ4v) is 10.4. The van der Waals surface area contributed by atoms with E-state index in [1.807, 2.05) is 62.4 Å². The number of ether oxygens (including phenoxy) is 1. The lowest BCUT2D eigenvalue weighted by atomic mass is 9.78. The van der Waals surface area contributed by atoms with Gasteiger partial charge in [0.05, 0.1) is 11.3 Å². The molecule has 0 spiro atoms. The zero-order valence-corrected chi connectivity index (χ0v) is 36.1. The summed E-state index contributed by atoms with van der Waals surface area (Å²) >= 11 is 7.02. The fraction of sp³-hybridized carbons (Fsp3) is 0.479. The molecule has 4 aromatic carbocycles. The van der Waals surface area contributed by atoms with Gasteiger partial charge in [0.2, 0.25) is 10.0 Å². The van der Waals surface area contributed by atoms with Crippen molar-refractivity contribution >= 4 is 33.3 Å². The van der Waals surface area contributed by atoms with Gasteiger partial charge in [0, 0.05) is 40.9 Å². The van der Waals surface area contributed by atoms with Gasteiger partial charge in [-0.2, -0.15) is 4.31 Å². The molecule has 58 heavy (non-hydrogen) atoms. The number of nitrogens with zero attached hydrogens (tertiary/aromatic N) is 2. The summed E-state index contributed by atoms with van der Waals surface area (Å²) in [4.78, 5) is 25.3. The molecule has 1 unspecified atom stereocenters. The van der Waals surface area contributed by atoms with E-state index >= 15 is 0 Å². The number of para-hydroxylation sites is 1. The highest BCUT2D eigenvalue weighted by Crippen LogP contribution is 2.45. The third-order valence-corrected chi connectivity index (χ3v) is 14.0. The van der Waals surface area contributed by atoms with E-state index in [1.54, 1.807) is 6.07 Å². The molecule has 8 nitrogen and oxygen atoms in total. The number of hydrogen-bond acceptors (Lipinski definition) is 6. The zero-order chi connectivity index (χ0) is 41.5. The van der Waals surface area contributed by atoms with E-state index in [0.717, 1.165) is 22.7 Å². The highest BCUT2D eigenvalue weighted by atomic mass is 35.5. The van der Waals surface area contributed by atoms with Crippen LogP contribution in [0.15, 0.2) is 108 Å². The van der Waals surface area contributed by atoms with Gasteiger partial charge in [-0.15, -0.1) is 0 Å². The third kappa shape index (κ3) is 11.6. The summed E-state index contributed by atoms with van der Waals surface area (Å²) in [7, 11) is -3.01. The Labute approximate surface area is 351 Å². The molecule has 0 aromatic heterocycles. The van der Waals surface area contributed by atoms with Crippen molar-refractivity contribution in [3.05, 3.63) is 141 Å². The second kappa shape index (κ2) is 21.8.